The largest absolute Gasteiger partial charge is 0.544 e. The van der Waals surface area contributed by atoms with Crippen molar-refractivity contribution in [3.05, 3.63) is 29.8 Å². The molecule has 0 aliphatic carbocycles. The lowest BCUT2D eigenvalue weighted by Crippen LogP contribution is -2.74. The maximum atomic E-state index is 11.9. The Hall–Kier alpha value is -2.31. The molecule has 258 valence electrons. The molecule has 3 aliphatic rings. The Morgan fingerprint density at radius 2 is 1.59 bits per heavy atom. The Kier molecular flexibility index (Phi) is 11.8. The topological polar surface area (TPSA) is 110 Å². The standard InChI is InChI=1S/C35H55NO9Si/c1-8-46(6,7)43-28-19-17-18-27(24-28)34-35(45-44-34,33(4,5)26-41-34)32(2,3)25-40-23-16-14-12-10-9-11-13-15-20-31(39)42-36-29(37)21-22-30(36)38/h17-19,24H,8-16,20-23,25-26H2,1-7H3. The van der Waals surface area contributed by atoms with E-state index in [0.29, 0.717) is 31.3 Å². The average Bonchev–Trinajstić information content (AvgIpc) is 3.37. The van der Waals surface area contributed by atoms with Crippen molar-refractivity contribution < 1.29 is 42.9 Å². The van der Waals surface area contributed by atoms with Gasteiger partial charge in [0.2, 0.25) is 8.32 Å². The van der Waals surface area contributed by atoms with Crippen LogP contribution in [-0.4, -0.2) is 56.6 Å². The first-order valence-corrected chi connectivity index (χ1v) is 20.3. The fraction of sp³-hybridized carbons (Fsp3) is 0.743. The number of imide groups is 1. The van der Waals surface area contributed by atoms with Gasteiger partial charge in [-0.3, -0.25) is 9.59 Å². The molecule has 0 aromatic heterocycles. The SMILES string of the molecule is CC[Si](C)(C)Oc1cccc(C23OCC(C)(C)C2(C(C)(C)COCCCCCCCCCCC(=O)ON2C(=O)CCC2=O)OO3)c1. The zero-order chi connectivity index (χ0) is 33.6. The predicted molar refractivity (Wildman–Crippen MR) is 175 cm³/mol. The first-order valence-electron chi connectivity index (χ1n) is 17.1. The molecule has 0 radical (unpaired) electrons. The Balaban J connectivity index is 1.16. The molecule has 0 bridgehead atoms. The lowest BCUT2D eigenvalue weighted by atomic mass is 9.57. The smallest absolute Gasteiger partial charge is 0.333 e. The Bertz CT molecular complexity index is 1220. The molecule has 3 saturated heterocycles. The van der Waals surface area contributed by atoms with Crippen LogP contribution in [0.5, 0.6) is 5.75 Å². The molecule has 2 atom stereocenters. The van der Waals surface area contributed by atoms with E-state index < -0.39 is 42.9 Å². The lowest BCUT2D eigenvalue weighted by molar-refractivity contribution is -0.628. The maximum absolute atomic E-state index is 11.9. The predicted octanol–water partition coefficient (Wildman–Crippen LogP) is 7.36. The minimum Gasteiger partial charge on any atom is -0.544 e. The van der Waals surface area contributed by atoms with Crippen LogP contribution in [0.25, 0.3) is 0 Å². The fourth-order valence-corrected chi connectivity index (χ4v) is 7.91. The van der Waals surface area contributed by atoms with E-state index >= 15 is 0 Å². The highest BCUT2D eigenvalue weighted by atomic mass is 28.4. The number of hydroxylamine groups is 2. The van der Waals surface area contributed by atoms with Crippen LogP contribution in [0.15, 0.2) is 24.3 Å². The number of hydrogen-bond donors (Lipinski definition) is 0. The number of rotatable bonds is 19. The van der Waals surface area contributed by atoms with Crippen LogP contribution >= 0.6 is 0 Å². The second kappa shape index (κ2) is 14.8. The number of hydrogen-bond acceptors (Lipinski definition) is 9. The summed E-state index contributed by atoms with van der Waals surface area (Å²) in [6, 6.07) is 9.12. The highest BCUT2D eigenvalue weighted by molar-refractivity contribution is 6.71. The summed E-state index contributed by atoms with van der Waals surface area (Å²) in [4.78, 5) is 52.0. The zero-order valence-electron chi connectivity index (χ0n) is 29.0. The molecule has 3 aliphatic heterocycles. The number of benzene rings is 1. The van der Waals surface area contributed by atoms with Crippen molar-refractivity contribution in [1.82, 2.24) is 5.06 Å². The third-order valence-corrected chi connectivity index (χ3v) is 12.3. The molecule has 0 spiro atoms. The van der Waals surface area contributed by atoms with E-state index in [0.717, 1.165) is 62.3 Å². The molecule has 1 aromatic rings. The first-order chi connectivity index (χ1) is 21.7. The second-order valence-electron chi connectivity index (χ2n) is 14.9. The van der Waals surface area contributed by atoms with Crippen molar-refractivity contribution in [2.75, 3.05) is 19.8 Å². The van der Waals surface area contributed by atoms with Gasteiger partial charge >= 0.3 is 5.97 Å². The molecule has 3 fully saturated rings. The Labute approximate surface area is 275 Å². The summed E-state index contributed by atoms with van der Waals surface area (Å²) >= 11 is 0. The van der Waals surface area contributed by atoms with E-state index in [1.807, 2.05) is 18.2 Å². The van der Waals surface area contributed by atoms with Gasteiger partial charge in [-0.25, -0.2) is 9.68 Å². The normalized spacial score (nSPS) is 24.2. The van der Waals surface area contributed by atoms with Crippen LogP contribution in [0, 0.1) is 10.8 Å². The van der Waals surface area contributed by atoms with E-state index in [1.165, 1.54) is 0 Å². The second-order valence-corrected chi connectivity index (χ2v) is 19.4. The molecule has 0 N–H and O–H groups in total. The molecule has 3 heterocycles. The van der Waals surface area contributed by atoms with Crippen molar-refractivity contribution in [3.8, 4) is 5.75 Å². The van der Waals surface area contributed by atoms with Gasteiger partial charge in [-0.2, -0.15) is 4.89 Å². The third kappa shape index (κ3) is 7.54. The van der Waals surface area contributed by atoms with E-state index in [4.69, 9.17) is 28.5 Å². The number of ether oxygens (including phenoxy) is 2. The number of nitrogens with zero attached hydrogens (tertiary/aromatic N) is 1. The molecule has 0 saturated carbocycles. The molecular formula is C35H55NO9Si. The molecule has 10 nitrogen and oxygen atoms in total. The maximum Gasteiger partial charge on any atom is 0.333 e. The summed E-state index contributed by atoms with van der Waals surface area (Å²) in [5, 5.41) is 0.616. The highest BCUT2D eigenvalue weighted by Crippen LogP contribution is 2.69. The molecule has 2 amide bonds. The van der Waals surface area contributed by atoms with Gasteiger partial charge in [0.15, 0.2) is 5.60 Å². The Morgan fingerprint density at radius 3 is 2.20 bits per heavy atom. The van der Waals surface area contributed by atoms with Crippen molar-refractivity contribution in [2.24, 2.45) is 10.8 Å². The summed E-state index contributed by atoms with van der Waals surface area (Å²) in [5.74, 6) is -1.60. The van der Waals surface area contributed by atoms with Crippen molar-refractivity contribution in [1.29, 1.82) is 0 Å². The van der Waals surface area contributed by atoms with E-state index in [9.17, 15) is 14.4 Å². The van der Waals surface area contributed by atoms with Crippen molar-refractivity contribution in [2.45, 2.75) is 136 Å². The molecule has 11 heteroatoms. The van der Waals surface area contributed by atoms with Gasteiger partial charge in [0.25, 0.3) is 17.6 Å². The van der Waals surface area contributed by atoms with E-state index in [2.05, 4.69) is 53.8 Å². The van der Waals surface area contributed by atoms with Crippen LogP contribution < -0.4 is 4.43 Å². The van der Waals surface area contributed by atoms with Gasteiger partial charge in [-0.15, -0.1) is 5.06 Å². The quantitative estimate of drug-likeness (QED) is 0.0650. The zero-order valence-corrected chi connectivity index (χ0v) is 30.0. The summed E-state index contributed by atoms with van der Waals surface area (Å²) in [5.41, 5.74) is -0.571. The number of carbonyl (C=O) groups is 3. The third-order valence-electron chi connectivity index (χ3n) is 9.83. The van der Waals surface area contributed by atoms with E-state index in [-0.39, 0.29) is 24.7 Å². The molecule has 4 rings (SSSR count). The van der Waals surface area contributed by atoms with Gasteiger partial charge in [0.05, 0.1) is 13.2 Å². The van der Waals surface area contributed by atoms with E-state index in [1.54, 1.807) is 0 Å². The van der Waals surface area contributed by atoms with Gasteiger partial charge in [0, 0.05) is 42.3 Å². The van der Waals surface area contributed by atoms with Crippen LogP contribution in [0.4, 0.5) is 0 Å². The number of amides is 2. The van der Waals surface area contributed by atoms with Crippen molar-refractivity contribution in [3.63, 3.8) is 0 Å². The Morgan fingerprint density at radius 1 is 0.957 bits per heavy atom. The van der Waals surface area contributed by atoms with Gasteiger partial charge in [-0.05, 0) is 44.1 Å². The summed E-state index contributed by atoms with van der Waals surface area (Å²) in [6.45, 7) is 17.0. The van der Waals surface area contributed by atoms with Crippen LogP contribution in [-0.2, 0) is 44.3 Å². The molecule has 1 aromatic carbocycles. The minimum atomic E-state index is -1.81. The average molecular weight is 662 g/mol. The van der Waals surface area contributed by atoms with Crippen LogP contribution in [0.1, 0.15) is 111 Å². The number of unbranched alkanes of at least 4 members (excludes halogenated alkanes) is 7. The summed E-state index contributed by atoms with van der Waals surface area (Å²) in [7, 11) is -1.81. The highest BCUT2D eigenvalue weighted by Gasteiger charge is 2.82. The summed E-state index contributed by atoms with van der Waals surface area (Å²) in [6.07, 6.45) is 8.54. The first kappa shape index (κ1) is 36.5. The lowest BCUT2D eigenvalue weighted by Gasteiger charge is -2.61. The van der Waals surface area contributed by atoms with Gasteiger partial charge < -0.3 is 18.7 Å². The monoisotopic (exact) mass is 661 g/mol. The van der Waals surface area contributed by atoms with Gasteiger partial charge in [-0.1, -0.05) is 85.3 Å². The van der Waals surface area contributed by atoms with Crippen LogP contribution in [0.3, 0.4) is 0 Å². The fourth-order valence-electron chi connectivity index (χ4n) is 7.00. The molecule has 2 unspecified atom stereocenters. The number of carbonyl (C=O) groups excluding carboxylic acids is 3. The molecule has 46 heavy (non-hydrogen) atoms. The van der Waals surface area contributed by atoms with Crippen molar-refractivity contribution >= 4 is 26.1 Å². The minimum absolute atomic E-state index is 0.112. The molecular weight excluding hydrogens is 606 g/mol. The van der Waals surface area contributed by atoms with Crippen LogP contribution in [0.2, 0.25) is 19.1 Å². The van der Waals surface area contributed by atoms with Gasteiger partial charge in [0.1, 0.15) is 5.75 Å². The number of fused-ring (bicyclic) bond motifs is 1. The summed E-state index contributed by atoms with van der Waals surface area (Å²) < 4.78 is 19.2.